The van der Waals surface area contributed by atoms with E-state index >= 15 is 0 Å². The zero-order valence-corrected chi connectivity index (χ0v) is 25.0. The van der Waals surface area contributed by atoms with Crippen LogP contribution in [0.2, 0.25) is 0 Å². The van der Waals surface area contributed by atoms with Crippen molar-refractivity contribution < 1.29 is 19.2 Å². The number of benzene rings is 3. The van der Waals surface area contributed by atoms with Crippen LogP contribution in [0.3, 0.4) is 0 Å². The Balaban J connectivity index is 1.47. The highest BCUT2D eigenvalue weighted by Gasteiger charge is 2.33. The Morgan fingerprint density at radius 3 is 2.50 bits per heavy atom. The van der Waals surface area contributed by atoms with E-state index in [1.807, 2.05) is 48.7 Å². The molecule has 0 amide bonds. The number of esters is 1. The predicted molar refractivity (Wildman–Crippen MR) is 168 cm³/mol. The predicted octanol–water partition coefficient (Wildman–Crippen LogP) is 4.72. The Kier molecular flexibility index (Phi) is 7.71. The van der Waals surface area contributed by atoms with Gasteiger partial charge in [-0.2, -0.15) is 0 Å². The second-order valence-corrected chi connectivity index (χ2v) is 11.2. The third-order valence-corrected chi connectivity index (χ3v) is 8.54. The summed E-state index contributed by atoms with van der Waals surface area (Å²) in [5.74, 6) is 0.142. The molecular formula is C33H28N4O6S. The molecule has 222 valence electrons. The van der Waals surface area contributed by atoms with E-state index in [-0.39, 0.29) is 17.9 Å². The van der Waals surface area contributed by atoms with E-state index in [4.69, 9.17) is 9.47 Å². The van der Waals surface area contributed by atoms with E-state index in [1.165, 1.54) is 23.5 Å². The van der Waals surface area contributed by atoms with Crippen LogP contribution in [-0.2, 0) is 16.1 Å². The number of hydrogen-bond acceptors (Lipinski definition) is 8. The van der Waals surface area contributed by atoms with Gasteiger partial charge in [0.15, 0.2) is 4.80 Å². The molecule has 5 aromatic rings. The lowest BCUT2D eigenvalue weighted by Crippen LogP contribution is -2.39. The van der Waals surface area contributed by atoms with Gasteiger partial charge in [0.1, 0.15) is 5.75 Å². The molecule has 0 aliphatic carbocycles. The number of hydrogen-bond donors (Lipinski definition) is 0. The molecular weight excluding hydrogens is 580 g/mol. The molecule has 1 aliphatic rings. The van der Waals surface area contributed by atoms with Gasteiger partial charge in [0.25, 0.3) is 11.2 Å². The highest BCUT2D eigenvalue weighted by molar-refractivity contribution is 7.07. The van der Waals surface area contributed by atoms with E-state index < -0.39 is 16.9 Å². The maximum atomic E-state index is 14.1. The molecule has 0 radical (unpaired) electrons. The molecule has 0 saturated carbocycles. The van der Waals surface area contributed by atoms with Crippen LogP contribution in [0.1, 0.15) is 36.6 Å². The standard InChI is InChI=1S/C33H28N4O6S/c1-4-43-32(39)29-20(2)34-33-36(30(29)22-11-15-25(42-3)16-12-22)31(38)28(44-33)17-23-19-35(27-8-6-5-7-26(23)27)18-21-9-13-24(14-10-21)37(40)41/h5-17,19,30H,4,18H2,1-3H3/b28-17+. The van der Waals surface area contributed by atoms with Gasteiger partial charge in [-0.25, -0.2) is 9.79 Å². The highest BCUT2D eigenvalue weighted by Crippen LogP contribution is 2.32. The van der Waals surface area contributed by atoms with Gasteiger partial charge in [-0.1, -0.05) is 53.8 Å². The molecule has 2 aromatic heterocycles. The zero-order valence-electron chi connectivity index (χ0n) is 24.2. The van der Waals surface area contributed by atoms with Crippen molar-refractivity contribution in [2.45, 2.75) is 26.4 Å². The Bertz CT molecular complexity index is 2120. The third-order valence-electron chi connectivity index (χ3n) is 7.55. The minimum Gasteiger partial charge on any atom is -0.497 e. The smallest absolute Gasteiger partial charge is 0.338 e. The summed E-state index contributed by atoms with van der Waals surface area (Å²) in [6, 6.07) is 20.9. The number of aromatic nitrogens is 2. The van der Waals surface area contributed by atoms with Gasteiger partial charge in [0, 0.05) is 41.3 Å². The summed E-state index contributed by atoms with van der Waals surface area (Å²) in [6.07, 6.45) is 3.83. The number of fused-ring (bicyclic) bond motifs is 2. The molecule has 1 aliphatic heterocycles. The number of non-ortho nitro benzene ring substituents is 1. The number of carbonyl (C=O) groups is 1. The van der Waals surface area contributed by atoms with Gasteiger partial charge >= 0.3 is 5.97 Å². The first-order valence-electron chi connectivity index (χ1n) is 13.9. The Labute approximate surface area is 255 Å². The quantitative estimate of drug-likeness (QED) is 0.143. The van der Waals surface area contributed by atoms with Crippen LogP contribution in [0.5, 0.6) is 5.75 Å². The van der Waals surface area contributed by atoms with Crippen molar-refractivity contribution in [1.82, 2.24) is 9.13 Å². The van der Waals surface area contributed by atoms with Crippen LogP contribution >= 0.6 is 11.3 Å². The lowest BCUT2D eigenvalue weighted by molar-refractivity contribution is -0.384. The maximum Gasteiger partial charge on any atom is 0.338 e. The van der Waals surface area contributed by atoms with Crippen molar-refractivity contribution in [3.8, 4) is 5.75 Å². The first-order chi connectivity index (χ1) is 21.3. The fourth-order valence-corrected chi connectivity index (χ4v) is 6.51. The van der Waals surface area contributed by atoms with Gasteiger partial charge in [0.2, 0.25) is 0 Å². The summed E-state index contributed by atoms with van der Waals surface area (Å²) in [6.45, 7) is 4.18. The molecule has 0 bridgehead atoms. The minimum atomic E-state index is -0.721. The number of nitrogens with zero attached hydrogens (tertiary/aromatic N) is 4. The number of nitro benzene ring substituents is 1. The van der Waals surface area contributed by atoms with Gasteiger partial charge in [-0.15, -0.1) is 0 Å². The molecule has 11 heteroatoms. The van der Waals surface area contributed by atoms with E-state index in [2.05, 4.69) is 9.56 Å². The van der Waals surface area contributed by atoms with Crippen LogP contribution in [0.25, 0.3) is 17.0 Å². The normalized spacial score (nSPS) is 14.8. The van der Waals surface area contributed by atoms with E-state index in [1.54, 1.807) is 49.8 Å². The molecule has 6 rings (SSSR count). The second-order valence-electron chi connectivity index (χ2n) is 10.2. The maximum absolute atomic E-state index is 14.1. The van der Waals surface area contributed by atoms with Crippen molar-refractivity contribution in [1.29, 1.82) is 0 Å². The van der Waals surface area contributed by atoms with Crippen LogP contribution in [0.15, 0.2) is 100 Å². The van der Waals surface area contributed by atoms with Crippen LogP contribution in [0, 0.1) is 10.1 Å². The van der Waals surface area contributed by atoms with Crippen molar-refractivity contribution in [2.24, 2.45) is 4.99 Å². The van der Waals surface area contributed by atoms with E-state index in [0.29, 0.717) is 32.9 Å². The van der Waals surface area contributed by atoms with Crippen molar-refractivity contribution >= 4 is 40.0 Å². The lowest BCUT2D eigenvalue weighted by Gasteiger charge is -2.24. The molecule has 10 nitrogen and oxygen atoms in total. The largest absolute Gasteiger partial charge is 0.497 e. The number of nitro groups is 1. The summed E-state index contributed by atoms with van der Waals surface area (Å²) < 4.78 is 14.8. The topological polar surface area (TPSA) is 118 Å². The second kappa shape index (κ2) is 11.8. The van der Waals surface area contributed by atoms with Gasteiger partial charge in [-0.05, 0) is 49.2 Å². The number of carbonyl (C=O) groups excluding carboxylic acids is 1. The van der Waals surface area contributed by atoms with Gasteiger partial charge < -0.3 is 14.0 Å². The molecule has 0 N–H and O–H groups in total. The first-order valence-corrected chi connectivity index (χ1v) is 14.8. The summed E-state index contributed by atoms with van der Waals surface area (Å²) in [7, 11) is 1.58. The molecule has 44 heavy (non-hydrogen) atoms. The fraction of sp³-hybridized carbons (Fsp3) is 0.182. The lowest BCUT2D eigenvalue weighted by atomic mass is 9.96. The Hall–Kier alpha value is -5.29. The number of rotatable bonds is 8. The molecule has 3 heterocycles. The summed E-state index contributed by atoms with van der Waals surface area (Å²) >= 11 is 1.26. The first kappa shape index (κ1) is 28.8. The fourth-order valence-electron chi connectivity index (χ4n) is 5.48. The van der Waals surface area contributed by atoms with Crippen molar-refractivity contribution in [3.05, 3.63) is 137 Å². The monoisotopic (exact) mass is 608 g/mol. The molecule has 1 unspecified atom stereocenters. The van der Waals surface area contributed by atoms with Crippen LogP contribution in [0.4, 0.5) is 5.69 Å². The summed E-state index contributed by atoms with van der Waals surface area (Å²) in [5.41, 5.74) is 4.02. The average Bonchev–Trinajstić information content (AvgIpc) is 3.52. The zero-order chi connectivity index (χ0) is 31.0. The highest BCUT2D eigenvalue weighted by atomic mass is 32.1. The number of ether oxygens (including phenoxy) is 2. The molecule has 1 atom stereocenters. The van der Waals surface area contributed by atoms with Crippen molar-refractivity contribution in [2.75, 3.05) is 13.7 Å². The molecule has 0 spiro atoms. The van der Waals surface area contributed by atoms with E-state index in [0.717, 1.165) is 27.6 Å². The number of methoxy groups -OCH3 is 1. The van der Waals surface area contributed by atoms with Gasteiger partial charge in [-0.3, -0.25) is 19.5 Å². The number of thiazole rings is 1. The molecule has 3 aromatic carbocycles. The Morgan fingerprint density at radius 1 is 1.09 bits per heavy atom. The number of allylic oxidation sites excluding steroid dienone is 1. The van der Waals surface area contributed by atoms with Crippen LogP contribution < -0.4 is 19.6 Å². The average molecular weight is 609 g/mol. The minimum absolute atomic E-state index is 0.0384. The van der Waals surface area contributed by atoms with E-state index in [9.17, 15) is 19.7 Å². The Morgan fingerprint density at radius 2 is 1.82 bits per heavy atom. The van der Waals surface area contributed by atoms with Gasteiger partial charge in [0.05, 0.1) is 40.5 Å². The third kappa shape index (κ3) is 5.22. The molecule has 0 fully saturated rings. The number of para-hydroxylation sites is 1. The van der Waals surface area contributed by atoms with Crippen LogP contribution in [-0.4, -0.2) is 33.7 Å². The summed E-state index contributed by atoms with van der Waals surface area (Å²) in [5, 5.41) is 12.0. The summed E-state index contributed by atoms with van der Waals surface area (Å²) in [4.78, 5) is 43.1. The SMILES string of the molecule is CCOC(=O)C1=C(C)N=c2s/c(=C/c3cn(Cc4ccc([N+](=O)[O-])cc4)c4ccccc34)c(=O)n2C1c1ccc(OC)cc1. The van der Waals surface area contributed by atoms with Crippen molar-refractivity contribution in [3.63, 3.8) is 0 Å². The molecule has 0 saturated heterocycles.